The van der Waals surface area contributed by atoms with Gasteiger partial charge in [-0.25, -0.2) is 4.79 Å². The number of halogens is 3. The van der Waals surface area contributed by atoms with Gasteiger partial charge in [0.25, 0.3) is 0 Å². The second-order valence-corrected chi connectivity index (χ2v) is 4.60. The number of ether oxygens (including phenoxy) is 1. The summed E-state index contributed by atoms with van der Waals surface area (Å²) in [6, 6.07) is 8.79. The molecule has 0 saturated carbocycles. The summed E-state index contributed by atoms with van der Waals surface area (Å²) in [7, 11) is 0. The first kappa shape index (κ1) is 16.6. The van der Waals surface area contributed by atoms with Gasteiger partial charge in [0.15, 0.2) is 0 Å². The average Bonchev–Trinajstić information content (AvgIpc) is 2.48. The lowest BCUT2D eigenvalue weighted by molar-refractivity contribution is -0.141. The number of rotatable bonds is 5. The van der Waals surface area contributed by atoms with E-state index >= 15 is 0 Å². The second-order valence-electron chi connectivity index (χ2n) is 4.60. The van der Waals surface area contributed by atoms with Gasteiger partial charge in [-0.2, -0.15) is 13.2 Å². The Morgan fingerprint density at radius 2 is 1.87 bits per heavy atom. The van der Waals surface area contributed by atoms with Crippen molar-refractivity contribution in [1.82, 2.24) is 10.3 Å². The van der Waals surface area contributed by atoms with Crippen LogP contribution in [0.1, 0.15) is 11.3 Å². The van der Waals surface area contributed by atoms with E-state index in [1.165, 1.54) is 6.07 Å². The molecule has 0 saturated heterocycles. The van der Waals surface area contributed by atoms with Crippen LogP contribution in [0.15, 0.2) is 42.6 Å². The highest BCUT2D eigenvalue weighted by Gasteiger charge is 2.32. The average molecular weight is 326 g/mol. The van der Waals surface area contributed by atoms with E-state index in [0.29, 0.717) is 12.2 Å². The van der Waals surface area contributed by atoms with Crippen LogP contribution < -0.4 is 10.1 Å². The van der Waals surface area contributed by atoms with Crippen LogP contribution >= 0.6 is 0 Å². The molecular weight excluding hydrogens is 313 g/mol. The van der Waals surface area contributed by atoms with Crippen LogP contribution in [0.25, 0.3) is 0 Å². The Morgan fingerprint density at radius 3 is 2.48 bits per heavy atom. The standard InChI is InChI=1S/C15H13F3N2O3/c16-15(17,18)13-9-12(6-8-19-13)23-11-3-1-10(2-4-11)5-7-20-14(21)22/h1-4,6,8-9,20H,5,7H2,(H,21,22). The summed E-state index contributed by atoms with van der Waals surface area (Å²) in [5.74, 6) is 0.409. The van der Waals surface area contributed by atoms with Crippen LogP contribution in [-0.2, 0) is 12.6 Å². The highest BCUT2D eigenvalue weighted by Crippen LogP contribution is 2.31. The molecule has 5 nitrogen and oxygen atoms in total. The SMILES string of the molecule is O=C(O)NCCc1ccc(Oc2ccnc(C(F)(F)F)c2)cc1. The maximum atomic E-state index is 12.6. The number of aromatic nitrogens is 1. The maximum Gasteiger partial charge on any atom is 0.433 e. The zero-order chi connectivity index (χ0) is 16.9. The van der Waals surface area contributed by atoms with Crippen molar-refractivity contribution >= 4 is 6.09 Å². The van der Waals surface area contributed by atoms with Gasteiger partial charge in [-0.1, -0.05) is 12.1 Å². The van der Waals surface area contributed by atoms with Crippen molar-refractivity contribution in [2.24, 2.45) is 0 Å². The molecule has 0 aliphatic carbocycles. The van der Waals surface area contributed by atoms with Crippen molar-refractivity contribution in [3.8, 4) is 11.5 Å². The molecule has 1 heterocycles. The number of benzene rings is 1. The number of alkyl halides is 3. The summed E-state index contributed by atoms with van der Waals surface area (Å²) in [6.45, 7) is 0.273. The van der Waals surface area contributed by atoms with Gasteiger partial charge in [-0.3, -0.25) is 4.98 Å². The summed E-state index contributed by atoms with van der Waals surface area (Å²) in [4.78, 5) is 13.6. The van der Waals surface area contributed by atoms with E-state index in [1.807, 2.05) is 0 Å². The molecule has 8 heteroatoms. The summed E-state index contributed by atoms with van der Waals surface area (Å²) in [6.07, 6.45) is -4.09. The minimum absolute atomic E-state index is 0.0348. The number of hydrogen-bond acceptors (Lipinski definition) is 3. The van der Waals surface area contributed by atoms with E-state index in [2.05, 4.69) is 10.3 Å². The number of carbonyl (C=O) groups is 1. The fourth-order valence-corrected chi connectivity index (χ4v) is 1.80. The minimum atomic E-state index is -4.53. The largest absolute Gasteiger partial charge is 0.465 e. The van der Waals surface area contributed by atoms with Crippen molar-refractivity contribution in [1.29, 1.82) is 0 Å². The van der Waals surface area contributed by atoms with E-state index in [-0.39, 0.29) is 12.3 Å². The fourth-order valence-electron chi connectivity index (χ4n) is 1.80. The van der Waals surface area contributed by atoms with Gasteiger partial charge in [0.2, 0.25) is 0 Å². The summed E-state index contributed by atoms with van der Waals surface area (Å²) < 4.78 is 43.1. The topological polar surface area (TPSA) is 71.5 Å². The zero-order valence-corrected chi connectivity index (χ0v) is 11.8. The van der Waals surface area contributed by atoms with E-state index < -0.39 is 18.0 Å². The van der Waals surface area contributed by atoms with Crippen molar-refractivity contribution in [2.45, 2.75) is 12.6 Å². The Labute approximate surface area is 129 Å². The second kappa shape index (κ2) is 6.99. The molecule has 0 aliphatic rings. The number of hydrogen-bond donors (Lipinski definition) is 2. The van der Waals surface area contributed by atoms with E-state index in [1.54, 1.807) is 24.3 Å². The molecule has 0 radical (unpaired) electrons. The van der Waals surface area contributed by atoms with Gasteiger partial charge < -0.3 is 15.2 Å². The van der Waals surface area contributed by atoms with Crippen LogP contribution in [0.3, 0.4) is 0 Å². The van der Waals surface area contributed by atoms with Crippen LogP contribution in [0.4, 0.5) is 18.0 Å². The molecule has 23 heavy (non-hydrogen) atoms. The maximum absolute atomic E-state index is 12.6. The van der Waals surface area contributed by atoms with Gasteiger partial charge in [0.05, 0.1) is 0 Å². The number of nitrogens with one attached hydrogen (secondary N) is 1. The first-order valence-corrected chi connectivity index (χ1v) is 6.61. The lowest BCUT2D eigenvalue weighted by Crippen LogP contribution is -2.23. The molecule has 0 bridgehead atoms. The van der Waals surface area contributed by atoms with Crippen molar-refractivity contribution in [3.63, 3.8) is 0 Å². The van der Waals surface area contributed by atoms with Crippen LogP contribution in [-0.4, -0.2) is 22.7 Å². The third-order valence-electron chi connectivity index (χ3n) is 2.87. The summed E-state index contributed by atoms with van der Waals surface area (Å²) in [5.41, 5.74) is -0.150. The first-order valence-electron chi connectivity index (χ1n) is 6.61. The van der Waals surface area contributed by atoms with Gasteiger partial charge in [0, 0.05) is 18.8 Å². The van der Waals surface area contributed by atoms with Gasteiger partial charge in [-0.15, -0.1) is 0 Å². The molecule has 1 aromatic carbocycles. The number of carboxylic acid groups (broad SMARTS) is 1. The Morgan fingerprint density at radius 1 is 1.17 bits per heavy atom. The predicted octanol–water partition coefficient (Wildman–Crippen LogP) is 3.70. The molecule has 2 rings (SSSR count). The Kier molecular flexibility index (Phi) is 5.05. The molecule has 0 unspecified atom stereocenters. The molecule has 1 aromatic heterocycles. The molecule has 1 amide bonds. The predicted molar refractivity (Wildman–Crippen MR) is 75.5 cm³/mol. The van der Waals surface area contributed by atoms with Crippen molar-refractivity contribution in [3.05, 3.63) is 53.9 Å². The normalized spacial score (nSPS) is 11.1. The van der Waals surface area contributed by atoms with E-state index in [9.17, 15) is 18.0 Å². The van der Waals surface area contributed by atoms with Crippen LogP contribution in [0.2, 0.25) is 0 Å². The minimum Gasteiger partial charge on any atom is -0.465 e. The Balaban J connectivity index is 1.99. The zero-order valence-electron chi connectivity index (χ0n) is 11.8. The molecule has 122 valence electrons. The first-order chi connectivity index (χ1) is 10.8. The van der Waals surface area contributed by atoms with E-state index in [0.717, 1.165) is 17.8 Å². The van der Waals surface area contributed by atoms with Crippen molar-refractivity contribution in [2.75, 3.05) is 6.54 Å². The molecule has 0 fully saturated rings. The molecule has 0 aliphatic heterocycles. The quantitative estimate of drug-likeness (QED) is 0.879. The Bertz CT molecular complexity index is 672. The summed E-state index contributed by atoms with van der Waals surface area (Å²) >= 11 is 0. The highest BCUT2D eigenvalue weighted by atomic mass is 19.4. The third-order valence-corrected chi connectivity index (χ3v) is 2.87. The van der Waals surface area contributed by atoms with Gasteiger partial charge in [0.1, 0.15) is 17.2 Å². The lowest BCUT2D eigenvalue weighted by Gasteiger charge is -2.09. The lowest BCUT2D eigenvalue weighted by atomic mass is 10.1. The number of pyridine rings is 1. The number of amides is 1. The van der Waals surface area contributed by atoms with Crippen LogP contribution in [0, 0.1) is 0 Å². The van der Waals surface area contributed by atoms with Gasteiger partial charge >= 0.3 is 12.3 Å². The smallest absolute Gasteiger partial charge is 0.433 e. The Hall–Kier alpha value is -2.77. The molecule has 0 atom stereocenters. The third kappa shape index (κ3) is 5.17. The van der Waals surface area contributed by atoms with Crippen molar-refractivity contribution < 1.29 is 27.8 Å². The van der Waals surface area contributed by atoms with Gasteiger partial charge in [-0.05, 0) is 30.2 Å². The molecule has 2 N–H and O–H groups in total. The number of nitrogens with zero attached hydrogens (tertiary/aromatic N) is 1. The summed E-state index contributed by atoms with van der Waals surface area (Å²) in [5, 5.41) is 10.7. The molecule has 2 aromatic rings. The monoisotopic (exact) mass is 326 g/mol. The highest BCUT2D eigenvalue weighted by molar-refractivity contribution is 5.64. The molecule has 0 spiro atoms. The van der Waals surface area contributed by atoms with Crippen LogP contribution in [0.5, 0.6) is 11.5 Å². The van der Waals surface area contributed by atoms with E-state index in [4.69, 9.17) is 9.84 Å². The molecular formula is C15H13F3N2O3. The fraction of sp³-hybridized carbons (Fsp3) is 0.200.